The monoisotopic (exact) mass is 255 g/mol. The molecule has 3 atom stereocenters. The molecule has 1 aliphatic carbocycles. The standard InChI is InChI=1S/C14H29N.C3H8/c1-6-12-8-13(15-5)7-11(2)9-14(3,4)10-12;1-3-2/h11-13,15H,6-10H2,1-5H3;3H2,1-2H3. The van der Waals surface area contributed by atoms with E-state index >= 15 is 0 Å². The lowest BCUT2D eigenvalue weighted by molar-refractivity contribution is 0.155. The summed E-state index contributed by atoms with van der Waals surface area (Å²) >= 11 is 0. The Labute approximate surface area is 116 Å². The quantitative estimate of drug-likeness (QED) is 0.710. The first-order chi connectivity index (χ1) is 8.38. The average Bonchev–Trinajstić information content (AvgIpc) is 2.25. The van der Waals surface area contributed by atoms with Gasteiger partial charge in [0.25, 0.3) is 0 Å². The van der Waals surface area contributed by atoms with E-state index in [4.69, 9.17) is 0 Å². The van der Waals surface area contributed by atoms with Gasteiger partial charge in [0, 0.05) is 6.04 Å². The maximum atomic E-state index is 3.49. The summed E-state index contributed by atoms with van der Waals surface area (Å²) in [5, 5.41) is 3.49. The third kappa shape index (κ3) is 7.41. The number of rotatable bonds is 2. The van der Waals surface area contributed by atoms with Gasteiger partial charge in [-0.15, -0.1) is 0 Å². The van der Waals surface area contributed by atoms with Crippen LogP contribution in [0.4, 0.5) is 0 Å². The van der Waals surface area contributed by atoms with Gasteiger partial charge in [0.1, 0.15) is 0 Å². The van der Waals surface area contributed by atoms with Gasteiger partial charge in [-0.3, -0.25) is 0 Å². The topological polar surface area (TPSA) is 12.0 Å². The van der Waals surface area contributed by atoms with Crippen molar-refractivity contribution in [3.05, 3.63) is 0 Å². The largest absolute Gasteiger partial charge is 0.317 e. The summed E-state index contributed by atoms with van der Waals surface area (Å²) in [5.41, 5.74) is 0.554. The zero-order chi connectivity index (χ0) is 14.2. The van der Waals surface area contributed by atoms with Crippen LogP contribution in [0.3, 0.4) is 0 Å². The molecule has 0 saturated heterocycles. The number of hydrogen-bond donors (Lipinski definition) is 1. The summed E-state index contributed by atoms with van der Waals surface area (Å²) < 4.78 is 0. The van der Waals surface area contributed by atoms with Crippen molar-refractivity contribution in [2.24, 2.45) is 17.3 Å². The SMILES string of the molecule is CCC.CCC1CC(NC)CC(C)CC(C)(C)C1. The molecule has 1 heteroatoms. The molecule has 0 heterocycles. The van der Waals surface area contributed by atoms with Crippen molar-refractivity contribution in [2.45, 2.75) is 86.1 Å². The number of nitrogens with one attached hydrogen (secondary N) is 1. The van der Waals surface area contributed by atoms with E-state index in [0.29, 0.717) is 5.41 Å². The van der Waals surface area contributed by atoms with Gasteiger partial charge >= 0.3 is 0 Å². The highest BCUT2D eigenvalue weighted by molar-refractivity contribution is 4.83. The van der Waals surface area contributed by atoms with Crippen molar-refractivity contribution in [2.75, 3.05) is 7.05 Å². The van der Waals surface area contributed by atoms with Gasteiger partial charge in [0.2, 0.25) is 0 Å². The predicted octanol–water partition coefficient (Wildman–Crippen LogP) is 5.25. The third-order valence-corrected chi connectivity index (χ3v) is 4.03. The average molecular weight is 255 g/mol. The van der Waals surface area contributed by atoms with Crippen LogP contribution in [0.2, 0.25) is 0 Å². The summed E-state index contributed by atoms with van der Waals surface area (Å²) in [5.74, 6) is 1.79. The lowest BCUT2D eigenvalue weighted by atomic mass is 9.70. The predicted molar refractivity (Wildman–Crippen MR) is 84.0 cm³/mol. The van der Waals surface area contributed by atoms with E-state index in [1.165, 1.54) is 38.5 Å². The van der Waals surface area contributed by atoms with Gasteiger partial charge in [0.05, 0.1) is 0 Å². The molecule has 0 aromatic carbocycles. The highest BCUT2D eigenvalue weighted by atomic mass is 14.9. The van der Waals surface area contributed by atoms with Gasteiger partial charge < -0.3 is 5.32 Å². The van der Waals surface area contributed by atoms with Crippen LogP contribution in [-0.4, -0.2) is 13.1 Å². The van der Waals surface area contributed by atoms with Crippen LogP contribution < -0.4 is 5.32 Å². The summed E-state index contributed by atoms with van der Waals surface area (Å²) in [6, 6.07) is 0.751. The molecule has 1 N–H and O–H groups in total. The van der Waals surface area contributed by atoms with Crippen LogP contribution >= 0.6 is 0 Å². The summed E-state index contributed by atoms with van der Waals surface area (Å²) in [7, 11) is 2.12. The summed E-state index contributed by atoms with van der Waals surface area (Å²) in [4.78, 5) is 0. The molecule has 1 aliphatic rings. The lowest BCUT2D eigenvalue weighted by Gasteiger charge is -2.37. The Balaban J connectivity index is 0.000000873. The zero-order valence-electron chi connectivity index (χ0n) is 14.0. The van der Waals surface area contributed by atoms with Crippen LogP contribution in [0.1, 0.15) is 80.1 Å². The first-order valence-corrected chi connectivity index (χ1v) is 8.05. The molecule has 0 amide bonds. The molecule has 0 spiro atoms. The molecule has 110 valence electrons. The Kier molecular flexibility index (Phi) is 8.94. The summed E-state index contributed by atoms with van der Waals surface area (Å²) in [6.07, 6.45) is 8.13. The molecular formula is C17H37N. The minimum absolute atomic E-state index is 0.554. The third-order valence-electron chi connectivity index (χ3n) is 4.03. The highest BCUT2D eigenvalue weighted by Gasteiger charge is 2.30. The molecule has 1 nitrogen and oxygen atoms in total. The van der Waals surface area contributed by atoms with Gasteiger partial charge in [-0.25, -0.2) is 0 Å². The van der Waals surface area contributed by atoms with Crippen LogP contribution in [0.15, 0.2) is 0 Å². The molecule has 1 rings (SSSR count). The van der Waals surface area contributed by atoms with Crippen LogP contribution in [-0.2, 0) is 0 Å². The van der Waals surface area contributed by atoms with Gasteiger partial charge in [-0.2, -0.15) is 0 Å². The second-order valence-corrected chi connectivity index (χ2v) is 7.12. The Morgan fingerprint density at radius 2 is 1.61 bits per heavy atom. The van der Waals surface area contributed by atoms with E-state index in [1.807, 2.05) is 0 Å². The minimum Gasteiger partial charge on any atom is -0.317 e. The van der Waals surface area contributed by atoms with E-state index < -0.39 is 0 Å². The van der Waals surface area contributed by atoms with Crippen molar-refractivity contribution in [3.8, 4) is 0 Å². The van der Waals surface area contributed by atoms with Crippen molar-refractivity contribution >= 4 is 0 Å². The second-order valence-electron chi connectivity index (χ2n) is 7.12. The molecule has 0 radical (unpaired) electrons. The molecule has 1 fully saturated rings. The Morgan fingerprint density at radius 1 is 1.06 bits per heavy atom. The fourth-order valence-electron chi connectivity index (χ4n) is 3.51. The van der Waals surface area contributed by atoms with Crippen molar-refractivity contribution in [1.29, 1.82) is 0 Å². The Morgan fingerprint density at radius 3 is 2.06 bits per heavy atom. The van der Waals surface area contributed by atoms with Gasteiger partial charge in [0.15, 0.2) is 0 Å². The molecular weight excluding hydrogens is 218 g/mol. The van der Waals surface area contributed by atoms with Crippen molar-refractivity contribution in [1.82, 2.24) is 5.32 Å². The molecule has 0 aromatic rings. The maximum absolute atomic E-state index is 3.49. The Bertz CT molecular complexity index is 198. The van der Waals surface area contributed by atoms with Crippen LogP contribution in [0, 0.1) is 17.3 Å². The first-order valence-electron chi connectivity index (χ1n) is 8.05. The van der Waals surface area contributed by atoms with E-state index in [9.17, 15) is 0 Å². The lowest BCUT2D eigenvalue weighted by Crippen LogP contribution is -2.35. The summed E-state index contributed by atoms with van der Waals surface area (Å²) in [6.45, 7) is 13.9. The molecule has 0 aliphatic heterocycles. The van der Waals surface area contributed by atoms with Crippen LogP contribution in [0.25, 0.3) is 0 Å². The fourth-order valence-corrected chi connectivity index (χ4v) is 3.51. The normalized spacial score (nSPS) is 31.8. The van der Waals surface area contributed by atoms with Crippen molar-refractivity contribution in [3.63, 3.8) is 0 Å². The minimum atomic E-state index is 0.554. The molecule has 0 aromatic heterocycles. The van der Waals surface area contributed by atoms with Gasteiger partial charge in [-0.05, 0) is 50.0 Å². The van der Waals surface area contributed by atoms with E-state index in [2.05, 4.69) is 53.9 Å². The fraction of sp³-hybridized carbons (Fsp3) is 1.00. The van der Waals surface area contributed by atoms with Crippen molar-refractivity contribution < 1.29 is 0 Å². The smallest absolute Gasteiger partial charge is 0.00692 e. The molecule has 18 heavy (non-hydrogen) atoms. The first kappa shape index (κ1) is 18.0. The zero-order valence-corrected chi connectivity index (χ0v) is 14.0. The molecule has 0 bridgehead atoms. The number of hydrogen-bond acceptors (Lipinski definition) is 1. The second kappa shape index (κ2) is 8.96. The van der Waals surface area contributed by atoms with Crippen LogP contribution in [0.5, 0.6) is 0 Å². The van der Waals surface area contributed by atoms with Gasteiger partial charge in [-0.1, -0.05) is 54.4 Å². The van der Waals surface area contributed by atoms with E-state index in [-0.39, 0.29) is 0 Å². The maximum Gasteiger partial charge on any atom is 0.00692 e. The highest BCUT2D eigenvalue weighted by Crippen LogP contribution is 2.39. The Hall–Kier alpha value is -0.0400. The van der Waals surface area contributed by atoms with E-state index in [1.54, 1.807) is 0 Å². The molecule has 1 saturated carbocycles. The van der Waals surface area contributed by atoms with E-state index in [0.717, 1.165) is 17.9 Å². The molecule has 3 unspecified atom stereocenters.